The Labute approximate surface area is 213 Å². The molecule has 1 saturated heterocycles. The van der Waals surface area contributed by atoms with Crippen LogP contribution in [0.2, 0.25) is 0 Å². The fraction of sp³-hybridized carbons (Fsp3) is 0.552. The summed E-state index contributed by atoms with van der Waals surface area (Å²) in [6.07, 6.45) is 7.42. The third-order valence-electron chi connectivity index (χ3n) is 8.13. The molecule has 0 spiro atoms. The van der Waals surface area contributed by atoms with Crippen molar-refractivity contribution in [2.45, 2.75) is 88.4 Å². The smallest absolute Gasteiger partial charge is 0.410 e. The molecule has 1 aliphatic heterocycles. The summed E-state index contributed by atoms with van der Waals surface area (Å²) in [4.78, 5) is 31.2. The van der Waals surface area contributed by atoms with Crippen molar-refractivity contribution in [1.29, 1.82) is 0 Å². The molecule has 7 heteroatoms. The summed E-state index contributed by atoms with van der Waals surface area (Å²) in [5.74, 6) is 0.299. The topological polar surface area (TPSA) is 106 Å². The molecule has 2 heterocycles. The molecule has 2 aromatic rings. The van der Waals surface area contributed by atoms with E-state index in [9.17, 15) is 14.7 Å². The first-order valence-electron chi connectivity index (χ1n) is 13.1. The number of primary amides is 1. The molecule has 0 radical (unpaired) electrons. The molecule has 3 aliphatic rings. The van der Waals surface area contributed by atoms with Gasteiger partial charge in [-0.2, -0.15) is 0 Å². The van der Waals surface area contributed by atoms with Crippen molar-refractivity contribution in [3.05, 3.63) is 53.9 Å². The number of carbonyl (C=O) groups is 2. The van der Waals surface area contributed by atoms with Gasteiger partial charge in [-0.1, -0.05) is 43.2 Å². The first-order chi connectivity index (χ1) is 17.0. The van der Waals surface area contributed by atoms with E-state index >= 15 is 0 Å². The Hall–Kier alpha value is -2.93. The zero-order chi connectivity index (χ0) is 25.7. The minimum Gasteiger partial charge on any atom is -0.443 e. The SMILES string of the molecule is CC(c1ccc(-c2ccc(C3(C(N)=O)CC3)nc2)cc1)N1CCC(CC2CC2)(CC(C)(C)O)OC1=O. The van der Waals surface area contributed by atoms with E-state index in [0.29, 0.717) is 18.9 Å². The molecular formula is C29H37N3O4. The summed E-state index contributed by atoms with van der Waals surface area (Å²) in [6, 6.07) is 11.9. The van der Waals surface area contributed by atoms with Gasteiger partial charge in [0.15, 0.2) is 0 Å². The Morgan fingerprint density at radius 1 is 1.17 bits per heavy atom. The monoisotopic (exact) mass is 491 g/mol. The summed E-state index contributed by atoms with van der Waals surface area (Å²) in [7, 11) is 0. The lowest BCUT2D eigenvalue weighted by atomic mass is 9.81. The zero-order valence-electron chi connectivity index (χ0n) is 21.5. The molecule has 2 unspecified atom stereocenters. The third-order valence-corrected chi connectivity index (χ3v) is 8.13. The number of cyclic esters (lactones) is 1. The predicted molar refractivity (Wildman–Crippen MR) is 137 cm³/mol. The summed E-state index contributed by atoms with van der Waals surface area (Å²) >= 11 is 0. The van der Waals surface area contributed by atoms with E-state index in [2.05, 4.69) is 4.98 Å². The molecule has 1 aromatic carbocycles. The number of amides is 2. The first-order valence-corrected chi connectivity index (χ1v) is 13.1. The van der Waals surface area contributed by atoms with Crippen molar-refractivity contribution in [3.8, 4) is 11.1 Å². The number of rotatable bonds is 9. The number of carbonyl (C=O) groups excluding carboxylic acids is 2. The van der Waals surface area contributed by atoms with Gasteiger partial charge < -0.3 is 20.5 Å². The predicted octanol–water partition coefficient (Wildman–Crippen LogP) is 4.87. The minimum absolute atomic E-state index is 0.126. The maximum atomic E-state index is 13.1. The van der Waals surface area contributed by atoms with Crippen LogP contribution < -0.4 is 5.73 Å². The van der Waals surface area contributed by atoms with E-state index in [4.69, 9.17) is 10.5 Å². The van der Waals surface area contributed by atoms with Crippen molar-refractivity contribution in [2.24, 2.45) is 11.7 Å². The van der Waals surface area contributed by atoms with Crippen molar-refractivity contribution in [2.75, 3.05) is 6.54 Å². The van der Waals surface area contributed by atoms with E-state index in [1.54, 1.807) is 24.9 Å². The Morgan fingerprint density at radius 3 is 2.33 bits per heavy atom. The fourth-order valence-corrected chi connectivity index (χ4v) is 5.77. The average molecular weight is 492 g/mol. The molecule has 36 heavy (non-hydrogen) atoms. The molecule has 2 aliphatic carbocycles. The van der Waals surface area contributed by atoms with E-state index in [-0.39, 0.29) is 18.0 Å². The molecule has 192 valence electrons. The molecule has 1 aromatic heterocycles. The number of hydrogen-bond donors (Lipinski definition) is 2. The van der Waals surface area contributed by atoms with Crippen LogP contribution in [-0.2, 0) is 14.9 Å². The van der Waals surface area contributed by atoms with Crippen LogP contribution in [0.25, 0.3) is 11.1 Å². The highest BCUT2D eigenvalue weighted by Gasteiger charge is 2.51. The number of benzene rings is 1. The highest BCUT2D eigenvalue weighted by atomic mass is 16.6. The van der Waals surface area contributed by atoms with Crippen LogP contribution in [0.1, 0.15) is 83.0 Å². The lowest BCUT2D eigenvalue weighted by Gasteiger charge is -2.45. The Bertz CT molecular complexity index is 1130. The molecular weight excluding hydrogens is 454 g/mol. The van der Waals surface area contributed by atoms with Crippen LogP contribution in [0.4, 0.5) is 4.79 Å². The number of nitrogens with two attached hydrogens (primary N) is 1. The molecule has 5 rings (SSSR count). The van der Waals surface area contributed by atoms with E-state index < -0.39 is 16.6 Å². The van der Waals surface area contributed by atoms with Crippen LogP contribution in [0.15, 0.2) is 42.6 Å². The lowest BCUT2D eigenvalue weighted by molar-refractivity contribution is -0.120. The standard InChI is InChI=1S/C29H37N3O4/c1-19(32-15-14-28(36-26(32)34,16-20-4-5-20)18-27(2,3)35)21-6-8-22(9-7-21)23-10-11-24(31-17-23)29(12-13-29)25(30)33/h6-11,17,19-20,35H,4-5,12-16,18H2,1-3H3,(H2,30,33). The first kappa shape index (κ1) is 24.8. The number of aromatic nitrogens is 1. The van der Waals surface area contributed by atoms with Crippen LogP contribution in [0.5, 0.6) is 0 Å². The molecule has 2 amide bonds. The van der Waals surface area contributed by atoms with Gasteiger partial charge in [-0.3, -0.25) is 9.78 Å². The Morgan fingerprint density at radius 2 is 1.83 bits per heavy atom. The van der Waals surface area contributed by atoms with Gasteiger partial charge in [0, 0.05) is 31.1 Å². The van der Waals surface area contributed by atoms with E-state index in [0.717, 1.165) is 48.1 Å². The van der Waals surface area contributed by atoms with Gasteiger partial charge >= 0.3 is 6.09 Å². The van der Waals surface area contributed by atoms with Crippen molar-refractivity contribution in [1.82, 2.24) is 9.88 Å². The molecule has 3 fully saturated rings. The van der Waals surface area contributed by atoms with Crippen molar-refractivity contribution >= 4 is 12.0 Å². The second-order valence-electron chi connectivity index (χ2n) is 11.8. The lowest BCUT2D eigenvalue weighted by Crippen LogP contribution is -2.53. The maximum absolute atomic E-state index is 13.1. The van der Waals surface area contributed by atoms with Gasteiger partial charge in [0.2, 0.25) is 5.91 Å². The van der Waals surface area contributed by atoms with Crippen LogP contribution in [0.3, 0.4) is 0 Å². The largest absolute Gasteiger partial charge is 0.443 e. The second-order valence-corrected chi connectivity index (χ2v) is 11.8. The van der Waals surface area contributed by atoms with Gasteiger partial charge in [-0.25, -0.2) is 4.79 Å². The average Bonchev–Trinajstić information content (AvgIpc) is 3.74. The number of aliphatic hydroxyl groups is 1. The maximum Gasteiger partial charge on any atom is 0.410 e. The highest BCUT2D eigenvalue weighted by Crippen LogP contribution is 2.47. The fourth-order valence-electron chi connectivity index (χ4n) is 5.77. The highest BCUT2D eigenvalue weighted by molar-refractivity contribution is 5.89. The number of hydrogen-bond acceptors (Lipinski definition) is 5. The van der Waals surface area contributed by atoms with Crippen LogP contribution in [-0.4, -0.2) is 44.7 Å². The Balaban J connectivity index is 1.26. The molecule has 0 bridgehead atoms. The molecule has 2 atom stereocenters. The van der Waals surface area contributed by atoms with Crippen molar-refractivity contribution in [3.63, 3.8) is 0 Å². The van der Waals surface area contributed by atoms with Gasteiger partial charge in [0.1, 0.15) is 5.60 Å². The second kappa shape index (κ2) is 8.87. The van der Waals surface area contributed by atoms with Crippen molar-refractivity contribution < 1.29 is 19.4 Å². The summed E-state index contributed by atoms with van der Waals surface area (Å²) < 4.78 is 6.10. The summed E-state index contributed by atoms with van der Waals surface area (Å²) in [5.41, 5.74) is 7.28. The number of pyridine rings is 1. The van der Waals surface area contributed by atoms with E-state index in [1.165, 1.54) is 12.8 Å². The van der Waals surface area contributed by atoms with Gasteiger partial charge in [-0.05, 0) is 63.1 Å². The van der Waals surface area contributed by atoms with Crippen LogP contribution in [0, 0.1) is 5.92 Å². The van der Waals surface area contributed by atoms with Gasteiger partial charge in [0.05, 0.1) is 22.8 Å². The van der Waals surface area contributed by atoms with E-state index in [1.807, 2.05) is 43.3 Å². The molecule has 7 nitrogen and oxygen atoms in total. The zero-order valence-corrected chi connectivity index (χ0v) is 21.5. The Kier molecular flexibility index (Phi) is 6.10. The van der Waals surface area contributed by atoms with Crippen LogP contribution >= 0.6 is 0 Å². The number of nitrogens with zero attached hydrogens (tertiary/aromatic N) is 2. The minimum atomic E-state index is -0.884. The van der Waals surface area contributed by atoms with Gasteiger partial charge in [-0.15, -0.1) is 0 Å². The quantitative estimate of drug-likeness (QED) is 0.521. The summed E-state index contributed by atoms with van der Waals surface area (Å²) in [6.45, 7) is 6.21. The molecule has 2 saturated carbocycles. The normalized spacial score (nSPS) is 24.2. The molecule has 3 N–H and O–H groups in total. The summed E-state index contributed by atoms with van der Waals surface area (Å²) in [5, 5.41) is 10.5. The van der Waals surface area contributed by atoms with Gasteiger partial charge in [0.25, 0.3) is 0 Å². The third kappa shape index (κ3) is 4.99. The number of ether oxygens (including phenoxy) is 1.